The zero-order chi connectivity index (χ0) is 13.9. The molecule has 1 saturated heterocycles. The van der Waals surface area contributed by atoms with Gasteiger partial charge in [0.1, 0.15) is 11.5 Å². The molecule has 1 aromatic rings. The summed E-state index contributed by atoms with van der Waals surface area (Å²) < 4.78 is 10.6. The molecular weight excluding hydrogens is 242 g/mol. The summed E-state index contributed by atoms with van der Waals surface area (Å²) in [5.41, 5.74) is 0.0788. The third kappa shape index (κ3) is 2.85. The Hall–Kier alpha value is -1.26. The Morgan fingerprint density at radius 1 is 1.21 bits per heavy atom. The van der Waals surface area contributed by atoms with Crippen molar-refractivity contribution in [2.45, 2.75) is 25.4 Å². The smallest absolute Gasteiger partial charge is 0.128 e. The molecule has 1 aromatic carbocycles. The van der Waals surface area contributed by atoms with E-state index in [1.807, 2.05) is 18.2 Å². The Morgan fingerprint density at radius 3 is 2.42 bits per heavy atom. The molecule has 1 aliphatic heterocycles. The first kappa shape index (κ1) is 14.2. The monoisotopic (exact) mass is 265 g/mol. The number of rotatable bonds is 4. The van der Waals surface area contributed by atoms with E-state index >= 15 is 0 Å². The lowest BCUT2D eigenvalue weighted by molar-refractivity contribution is -0.0262. The summed E-state index contributed by atoms with van der Waals surface area (Å²) in [6.07, 6.45) is 1.48. The topological polar surface area (TPSA) is 41.9 Å². The van der Waals surface area contributed by atoms with Gasteiger partial charge in [-0.1, -0.05) is 6.92 Å². The first-order valence-corrected chi connectivity index (χ1v) is 6.80. The Kier molecular flexibility index (Phi) is 4.32. The van der Waals surface area contributed by atoms with E-state index < -0.39 is 5.60 Å². The average molecular weight is 265 g/mol. The highest BCUT2D eigenvalue weighted by atomic mass is 16.5. The summed E-state index contributed by atoms with van der Waals surface area (Å²) in [5, 5.41) is 10.9. The highest BCUT2D eigenvalue weighted by Crippen LogP contribution is 2.39. The van der Waals surface area contributed by atoms with Gasteiger partial charge in [-0.05, 0) is 31.5 Å². The molecule has 0 radical (unpaired) electrons. The van der Waals surface area contributed by atoms with Crippen molar-refractivity contribution in [3.63, 3.8) is 0 Å². The fourth-order valence-electron chi connectivity index (χ4n) is 2.69. The van der Waals surface area contributed by atoms with Gasteiger partial charge >= 0.3 is 0 Å². The first-order valence-electron chi connectivity index (χ1n) is 6.80. The minimum Gasteiger partial charge on any atom is -0.497 e. The maximum atomic E-state index is 10.9. The van der Waals surface area contributed by atoms with Crippen LogP contribution in [0.3, 0.4) is 0 Å². The van der Waals surface area contributed by atoms with Gasteiger partial charge in [-0.15, -0.1) is 0 Å². The van der Waals surface area contributed by atoms with Gasteiger partial charge < -0.3 is 19.5 Å². The van der Waals surface area contributed by atoms with E-state index in [0.717, 1.165) is 43.8 Å². The van der Waals surface area contributed by atoms with Crippen molar-refractivity contribution in [1.29, 1.82) is 0 Å². The Morgan fingerprint density at radius 2 is 1.89 bits per heavy atom. The molecular formula is C15H23NO3. The second-order valence-corrected chi connectivity index (χ2v) is 5.03. The van der Waals surface area contributed by atoms with Crippen LogP contribution in [0, 0.1) is 0 Å². The van der Waals surface area contributed by atoms with Crippen molar-refractivity contribution in [3.8, 4) is 11.5 Å². The number of benzene rings is 1. The van der Waals surface area contributed by atoms with Crippen LogP contribution in [0.1, 0.15) is 25.3 Å². The summed E-state index contributed by atoms with van der Waals surface area (Å²) in [4.78, 5) is 2.35. The standard InChI is InChI=1S/C15H23NO3/c1-4-16-9-7-15(17,8-10-16)13-6-5-12(18-2)11-14(13)19-3/h5-6,11,17H,4,7-10H2,1-3H3. The van der Waals surface area contributed by atoms with E-state index in [9.17, 15) is 5.11 Å². The zero-order valence-electron chi connectivity index (χ0n) is 12.0. The number of methoxy groups -OCH3 is 2. The fraction of sp³-hybridized carbons (Fsp3) is 0.600. The van der Waals surface area contributed by atoms with E-state index in [2.05, 4.69) is 11.8 Å². The van der Waals surface area contributed by atoms with Gasteiger partial charge in [0.25, 0.3) is 0 Å². The lowest BCUT2D eigenvalue weighted by atomic mass is 9.84. The van der Waals surface area contributed by atoms with Gasteiger partial charge in [0, 0.05) is 24.7 Å². The van der Waals surface area contributed by atoms with Crippen LogP contribution in [-0.2, 0) is 5.60 Å². The van der Waals surface area contributed by atoms with Gasteiger partial charge in [-0.2, -0.15) is 0 Å². The van der Waals surface area contributed by atoms with Gasteiger partial charge in [0.05, 0.1) is 19.8 Å². The quantitative estimate of drug-likeness (QED) is 0.904. The Labute approximate surface area is 114 Å². The Bertz CT molecular complexity index is 425. The number of ether oxygens (including phenoxy) is 2. The number of aliphatic hydroxyl groups is 1. The third-order valence-corrected chi connectivity index (χ3v) is 4.04. The molecule has 0 aliphatic carbocycles. The summed E-state index contributed by atoms with van der Waals surface area (Å²) >= 11 is 0. The Balaban J connectivity index is 2.25. The predicted molar refractivity (Wildman–Crippen MR) is 74.8 cm³/mol. The lowest BCUT2D eigenvalue weighted by Crippen LogP contribution is -2.42. The van der Waals surface area contributed by atoms with Gasteiger partial charge in [0.2, 0.25) is 0 Å². The molecule has 4 nitrogen and oxygen atoms in total. The number of nitrogens with zero attached hydrogens (tertiary/aromatic N) is 1. The molecule has 1 heterocycles. The maximum Gasteiger partial charge on any atom is 0.128 e. The first-order chi connectivity index (χ1) is 9.12. The fourth-order valence-corrected chi connectivity index (χ4v) is 2.69. The number of likely N-dealkylation sites (tertiary alicyclic amines) is 1. The van der Waals surface area contributed by atoms with Crippen molar-refractivity contribution < 1.29 is 14.6 Å². The molecule has 4 heteroatoms. The van der Waals surface area contributed by atoms with Crippen LogP contribution in [0.5, 0.6) is 11.5 Å². The SMILES string of the molecule is CCN1CCC(O)(c2ccc(OC)cc2OC)CC1. The van der Waals surface area contributed by atoms with Crippen molar-refractivity contribution in [1.82, 2.24) is 4.90 Å². The van der Waals surface area contributed by atoms with Crippen LogP contribution in [-0.4, -0.2) is 43.9 Å². The second-order valence-electron chi connectivity index (χ2n) is 5.03. The van der Waals surface area contributed by atoms with Crippen LogP contribution in [0.25, 0.3) is 0 Å². The van der Waals surface area contributed by atoms with Crippen LogP contribution in [0.4, 0.5) is 0 Å². The molecule has 1 fully saturated rings. The summed E-state index contributed by atoms with van der Waals surface area (Å²) in [5.74, 6) is 1.45. The molecule has 0 bridgehead atoms. The normalized spacial score (nSPS) is 19.2. The molecule has 0 atom stereocenters. The zero-order valence-corrected chi connectivity index (χ0v) is 12.0. The number of piperidine rings is 1. The summed E-state index contributed by atoms with van der Waals surface area (Å²) in [7, 11) is 3.26. The van der Waals surface area contributed by atoms with Gasteiger partial charge in [-0.3, -0.25) is 0 Å². The van der Waals surface area contributed by atoms with Crippen LogP contribution in [0.2, 0.25) is 0 Å². The lowest BCUT2D eigenvalue weighted by Gasteiger charge is -2.38. The molecule has 0 saturated carbocycles. The molecule has 0 spiro atoms. The molecule has 2 rings (SSSR count). The van der Waals surface area contributed by atoms with Crippen molar-refractivity contribution >= 4 is 0 Å². The van der Waals surface area contributed by atoms with Crippen LogP contribution >= 0.6 is 0 Å². The summed E-state index contributed by atoms with van der Waals surface area (Å²) in [6.45, 7) is 5.03. The minimum atomic E-state index is -0.788. The second kappa shape index (κ2) is 5.80. The predicted octanol–water partition coefficient (Wildman–Crippen LogP) is 2.01. The molecule has 1 N–H and O–H groups in total. The van der Waals surface area contributed by atoms with E-state index in [1.54, 1.807) is 14.2 Å². The van der Waals surface area contributed by atoms with E-state index in [0.29, 0.717) is 5.75 Å². The van der Waals surface area contributed by atoms with Crippen molar-refractivity contribution in [2.75, 3.05) is 33.9 Å². The highest BCUT2D eigenvalue weighted by molar-refractivity contribution is 5.44. The van der Waals surface area contributed by atoms with Crippen LogP contribution < -0.4 is 9.47 Å². The minimum absolute atomic E-state index is 0.701. The van der Waals surface area contributed by atoms with E-state index in [1.165, 1.54) is 0 Å². The van der Waals surface area contributed by atoms with Crippen LogP contribution in [0.15, 0.2) is 18.2 Å². The molecule has 106 valence electrons. The van der Waals surface area contributed by atoms with Gasteiger partial charge in [-0.25, -0.2) is 0 Å². The molecule has 0 aromatic heterocycles. The summed E-state index contributed by atoms with van der Waals surface area (Å²) in [6, 6.07) is 5.63. The molecule has 0 unspecified atom stereocenters. The largest absolute Gasteiger partial charge is 0.497 e. The van der Waals surface area contributed by atoms with E-state index in [4.69, 9.17) is 9.47 Å². The average Bonchev–Trinajstić information content (AvgIpc) is 2.47. The number of hydrogen-bond donors (Lipinski definition) is 1. The van der Waals surface area contributed by atoms with Crippen molar-refractivity contribution in [3.05, 3.63) is 23.8 Å². The molecule has 0 amide bonds. The van der Waals surface area contributed by atoms with Crippen molar-refractivity contribution in [2.24, 2.45) is 0 Å². The molecule has 19 heavy (non-hydrogen) atoms. The van der Waals surface area contributed by atoms with Gasteiger partial charge in [0.15, 0.2) is 0 Å². The third-order valence-electron chi connectivity index (χ3n) is 4.04. The van der Waals surface area contributed by atoms with E-state index in [-0.39, 0.29) is 0 Å². The number of hydrogen-bond acceptors (Lipinski definition) is 4. The highest BCUT2D eigenvalue weighted by Gasteiger charge is 2.35. The maximum absolute atomic E-state index is 10.9. The molecule has 1 aliphatic rings.